The third-order valence-corrected chi connectivity index (χ3v) is 10.1. The van der Waals surface area contributed by atoms with E-state index < -0.39 is 0 Å². The molecule has 11 aromatic rings. The molecular weight excluding hydrogens is 641 g/mol. The third kappa shape index (κ3) is 4.39. The normalized spacial score (nSPS) is 11.8. The quantitative estimate of drug-likeness (QED) is 0.183. The molecule has 0 spiro atoms. The summed E-state index contributed by atoms with van der Waals surface area (Å²) in [6, 6.07) is 58.6. The molecule has 0 saturated carbocycles. The Morgan fingerprint density at radius 1 is 0.423 bits per heavy atom. The molecule has 11 rings (SSSR count). The van der Waals surface area contributed by atoms with Gasteiger partial charge in [0.05, 0.1) is 5.69 Å². The van der Waals surface area contributed by atoms with E-state index in [0.29, 0.717) is 5.89 Å². The number of aromatic nitrogens is 1. The topological polar surface area (TPSA) is 55.6 Å². The minimum absolute atomic E-state index is 0.570. The molecule has 0 bridgehead atoms. The van der Waals surface area contributed by atoms with Crippen molar-refractivity contribution >= 4 is 82.8 Å². The number of para-hydroxylation sites is 3. The predicted octanol–water partition coefficient (Wildman–Crippen LogP) is 13.6. The molecule has 5 heteroatoms. The van der Waals surface area contributed by atoms with Crippen molar-refractivity contribution in [3.63, 3.8) is 0 Å². The zero-order valence-corrected chi connectivity index (χ0v) is 27.8. The van der Waals surface area contributed by atoms with Gasteiger partial charge in [0.2, 0.25) is 5.89 Å². The summed E-state index contributed by atoms with van der Waals surface area (Å²) in [6.45, 7) is 0. The number of hydrogen-bond acceptors (Lipinski definition) is 5. The van der Waals surface area contributed by atoms with Gasteiger partial charge in [-0.15, -0.1) is 0 Å². The lowest BCUT2D eigenvalue weighted by Gasteiger charge is -2.27. The van der Waals surface area contributed by atoms with Gasteiger partial charge in [0, 0.05) is 49.4 Å². The van der Waals surface area contributed by atoms with Crippen LogP contribution >= 0.6 is 0 Å². The zero-order valence-electron chi connectivity index (χ0n) is 27.8. The Balaban J connectivity index is 1.05. The minimum atomic E-state index is 0.570. The molecule has 52 heavy (non-hydrogen) atoms. The van der Waals surface area contributed by atoms with E-state index in [4.69, 9.17) is 18.2 Å². The van der Waals surface area contributed by atoms with Crippen molar-refractivity contribution in [3.8, 4) is 22.6 Å². The van der Waals surface area contributed by atoms with Gasteiger partial charge in [-0.1, -0.05) is 103 Å². The van der Waals surface area contributed by atoms with Crippen LogP contribution in [0.15, 0.2) is 183 Å². The van der Waals surface area contributed by atoms with E-state index >= 15 is 0 Å². The molecule has 244 valence electrons. The first-order valence-corrected chi connectivity index (χ1v) is 17.4. The van der Waals surface area contributed by atoms with Crippen molar-refractivity contribution in [1.82, 2.24) is 4.98 Å². The van der Waals surface area contributed by atoms with E-state index in [9.17, 15) is 0 Å². The third-order valence-electron chi connectivity index (χ3n) is 10.1. The van der Waals surface area contributed by atoms with Gasteiger partial charge in [0.15, 0.2) is 5.58 Å². The highest BCUT2D eigenvalue weighted by Gasteiger charge is 2.20. The molecular formula is C47H28N2O3. The average molecular weight is 669 g/mol. The van der Waals surface area contributed by atoms with Gasteiger partial charge in [0.25, 0.3) is 0 Å². The maximum absolute atomic E-state index is 6.63. The van der Waals surface area contributed by atoms with Crippen LogP contribution in [-0.4, -0.2) is 4.98 Å². The van der Waals surface area contributed by atoms with Gasteiger partial charge in [-0.25, -0.2) is 4.98 Å². The molecule has 0 fully saturated rings. The monoisotopic (exact) mass is 668 g/mol. The van der Waals surface area contributed by atoms with Gasteiger partial charge in [-0.3, -0.25) is 0 Å². The highest BCUT2D eigenvalue weighted by molar-refractivity contribution is 6.12. The zero-order chi connectivity index (χ0) is 34.2. The van der Waals surface area contributed by atoms with E-state index in [1.807, 2.05) is 54.6 Å². The fourth-order valence-electron chi connectivity index (χ4n) is 7.72. The number of hydrogen-bond donors (Lipinski definition) is 0. The Kier molecular flexibility index (Phi) is 6.18. The molecule has 5 nitrogen and oxygen atoms in total. The summed E-state index contributed by atoms with van der Waals surface area (Å²) in [7, 11) is 0. The molecule has 0 N–H and O–H groups in total. The lowest BCUT2D eigenvalue weighted by atomic mass is 10.0. The maximum Gasteiger partial charge on any atom is 0.228 e. The molecule has 0 aliphatic heterocycles. The van der Waals surface area contributed by atoms with Crippen LogP contribution in [0.2, 0.25) is 0 Å². The number of anilines is 3. The lowest BCUT2D eigenvalue weighted by Crippen LogP contribution is -2.10. The summed E-state index contributed by atoms with van der Waals surface area (Å²) in [4.78, 5) is 7.31. The average Bonchev–Trinajstić information content (AvgIpc) is 3.92. The van der Waals surface area contributed by atoms with Crippen LogP contribution < -0.4 is 4.90 Å². The second-order valence-electron chi connectivity index (χ2n) is 13.1. The largest absolute Gasteiger partial charge is 0.456 e. The van der Waals surface area contributed by atoms with E-state index in [1.165, 1.54) is 10.8 Å². The fraction of sp³-hybridized carbons (Fsp3) is 0. The molecule has 3 aromatic heterocycles. The Bertz CT molecular complexity index is 3140. The van der Waals surface area contributed by atoms with Crippen LogP contribution in [0.1, 0.15) is 0 Å². The first kappa shape index (κ1) is 28.7. The van der Waals surface area contributed by atoms with Crippen LogP contribution in [-0.2, 0) is 0 Å². The van der Waals surface area contributed by atoms with Gasteiger partial charge in [-0.05, 0) is 77.7 Å². The van der Waals surface area contributed by atoms with E-state index in [-0.39, 0.29) is 0 Å². The first-order valence-electron chi connectivity index (χ1n) is 17.4. The smallest absolute Gasteiger partial charge is 0.228 e. The van der Waals surface area contributed by atoms with Crippen LogP contribution in [0.4, 0.5) is 17.1 Å². The molecule has 0 amide bonds. The summed E-state index contributed by atoms with van der Waals surface area (Å²) in [5.41, 5.74) is 11.1. The van der Waals surface area contributed by atoms with Gasteiger partial charge < -0.3 is 18.2 Å². The van der Waals surface area contributed by atoms with Crippen LogP contribution in [0, 0.1) is 0 Å². The Hall–Kier alpha value is -7.11. The number of oxazole rings is 1. The summed E-state index contributed by atoms with van der Waals surface area (Å²) in [5, 5.41) is 6.59. The summed E-state index contributed by atoms with van der Waals surface area (Å²) >= 11 is 0. The van der Waals surface area contributed by atoms with Crippen molar-refractivity contribution in [2.75, 3.05) is 4.90 Å². The molecule has 0 aliphatic rings. The van der Waals surface area contributed by atoms with E-state index in [1.54, 1.807) is 0 Å². The number of rotatable bonds is 5. The number of nitrogens with zero attached hydrogens (tertiary/aromatic N) is 2. The Labute approximate surface area is 297 Å². The van der Waals surface area contributed by atoms with Crippen LogP contribution in [0.25, 0.3) is 88.3 Å². The summed E-state index contributed by atoms with van der Waals surface area (Å²) in [6.07, 6.45) is 0. The molecule has 0 unspecified atom stereocenters. The van der Waals surface area contributed by atoms with Crippen molar-refractivity contribution in [3.05, 3.63) is 170 Å². The number of furan rings is 2. The van der Waals surface area contributed by atoms with Crippen molar-refractivity contribution in [2.45, 2.75) is 0 Å². The van der Waals surface area contributed by atoms with Gasteiger partial charge >= 0.3 is 0 Å². The Morgan fingerprint density at radius 2 is 1.06 bits per heavy atom. The molecule has 3 heterocycles. The molecule has 0 atom stereocenters. The van der Waals surface area contributed by atoms with Crippen LogP contribution in [0.5, 0.6) is 0 Å². The summed E-state index contributed by atoms with van der Waals surface area (Å²) in [5.74, 6) is 0.570. The van der Waals surface area contributed by atoms with E-state index in [2.05, 4.69) is 120 Å². The highest BCUT2D eigenvalue weighted by atomic mass is 16.4. The minimum Gasteiger partial charge on any atom is -0.456 e. The molecule has 0 aliphatic carbocycles. The van der Waals surface area contributed by atoms with Crippen molar-refractivity contribution < 1.29 is 13.3 Å². The van der Waals surface area contributed by atoms with Gasteiger partial charge in [0.1, 0.15) is 27.8 Å². The molecule has 8 aromatic carbocycles. The second-order valence-corrected chi connectivity index (χ2v) is 13.1. The molecule has 0 radical (unpaired) electrons. The van der Waals surface area contributed by atoms with Crippen molar-refractivity contribution in [1.29, 1.82) is 0 Å². The summed E-state index contributed by atoms with van der Waals surface area (Å²) < 4.78 is 19.0. The number of fused-ring (bicyclic) bond motifs is 8. The Morgan fingerprint density at radius 3 is 1.94 bits per heavy atom. The van der Waals surface area contributed by atoms with E-state index in [0.717, 1.165) is 88.7 Å². The highest BCUT2D eigenvalue weighted by Crippen LogP contribution is 2.43. The molecule has 0 saturated heterocycles. The fourth-order valence-corrected chi connectivity index (χ4v) is 7.72. The second kappa shape index (κ2) is 11.2. The van der Waals surface area contributed by atoms with Crippen molar-refractivity contribution in [2.24, 2.45) is 0 Å². The first-order chi connectivity index (χ1) is 25.8. The lowest BCUT2D eigenvalue weighted by molar-refractivity contribution is 0.621. The van der Waals surface area contributed by atoms with Gasteiger partial charge in [-0.2, -0.15) is 0 Å². The number of benzene rings is 8. The standard InChI is InChI=1S/C47H28N2O3/c1-2-12-33-29(10-1)11-7-18-40(33)49(32-26-27-43-38(28-32)35-13-3-5-19-41(35)50-43)31-24-22-30(23-25-31)34-15-8-17-39-46(34)52-47(48-39)37-16-9-21-44-45(37)36-14-4-6-20-42(36)51-44/h1-28H. The van der Waals surface area contributed by atoms with Crippen LogP contribution in [0.3, 0.4) is 0 Å². The maximum atomic E-state index is 6.63. The SMILES string of the molecule is c1ccc2c(N(c3ccc(-c4cccc5nc(-c6cccc7oc8ccccc8c67)oc45)cc3)c3ccc4oc5ccccc5c4c3)cccc2c1. The predicted molar refractivity (Wildman–Crippen MR) is 212 cm³/mol.